The fourth-order valence-corrected chi connectivity index (χ4v) is 2.73. The first-order valence-corrected chi connectivity index (χ1v) is 7.70. The first-order valence-electron chi connectivity index (χ1n) is 7.32. The van der Waals surface area contributed by atoms with Gasteiger partial charge in [-0.05, 0) is 31.0 Å². The molecule has 0 radical (unpaired) electrons. The fraction of sp³-hybridized carbons (Fsp3) is 0.500. The topological polar surface area (TPSA) is 49.4 Å². The first kappa shape index (κ1) is 15.8. The van der Waals surface area contributed by atoms with Gasteiger partial charge in [0.15, 0.2) is 0 Å². The van der Waals surface area contributed by atoms with E-state index >= 15 is 0 Å². The van der Waals surface area contributed by atoms with Crippen molar-refractivity contribution >= 4 is 29.1 Å². The molecule has 21 heavy (non-hydrogen) atoms. The minimum atomic E-state index is -0.0415. The van der Waals surface area contributed by atoms with Gasteiger partial charge in [-0.25, -0.2) is 0 Å². The van der Waals surface area contributed by atoms with E-state index in [4.69, 9.17) is 11.6 Å². The minimum absolute atomic E-state index is 0.00825. The van der Waals surface area contributed by atoms with E-state index in [-0.39, 0.29) is 23.7 Å². The summed E-state index contributed by atoms with van der Waals surface area (Å²) >= 11 is 5.90. The predicted molar refractivity (Wildman–Crippen MR) is 84.2 cm³/mol. The lowest BCUT2D eigenvalue weighted by molar-refractivity contribution is -0.137. The van der Waals surface area contributed by atoms with Gasteiger partial charge >= 0.3 is 0 Å². The van der Waals surface area contributed by atoms with Crippen molar-refractivity contribution in [2.75, 3.05) is 18.4 Å². The zero-order valence-electron chi connectivity index (χ0n) is 12.4. The van der Waals surface area contributed by atoms with Crippen molar-refractivity contribution in [3.05, 3.63) is 29.3 Å². The Morgan fingerprint density at radius 3 is 2.52 bits per heavy atom. The molecule has 5 heteroatoms. The molecule has 0 unspecified atom stereocenters. The van der Waals surface area contributed by atoms with Crippen LogP contribution in [0.15, 0.2) is 24.3 Å². The summed E-state index contributed by atoms with van der Waals surface area (Å²) in [4.78, 5) is 26.0. The van der Waals surface area contributed by atoms with Crippen LogP contribution in [0.1, 0.15) is 26.7 Å². The Kier molecular flexibility index (Phi) is 5.23. The van der Waals surface area contributed by atoms with Crippen molar-refractivity contribution in [2.24, 2.45) is 11.8 Å². The summed E-state index contributed by atoms with van der Waals surface area (Å²) in [6.45, 7) is 5.12. The Morgan fingerprint density at radius 1 is 1.29 bits per heavy atom. The van der Waals surface area contributed by atoms with Crippen LogP contribution < -0.4 is 5.32 Å². The van der Waals surface area contributed by atoms with E-state index in [0.29, 0.717) is 36.6 Å². The Bertz CT molecular complexity index is 523. The Labute approximate surface area is 130 Å². The molecular weight excluding hydrogens is 288 g/mol. The average Bonchev–Trinajstić information content (AvgIpc) is 2.46. The lowest BCUT2D eigenvalue weighted by atomic mass is 9.95. The summed E-state index contributed by atoms with van der Waals surface area (Å²) in [5.41, 5.74) is 0.716. The molecule has 0 aromatic heterocycles. The van der Waals surface area contributed by atoms with Gasteiger partial charge in [-0.1, -0.05) is 31.5 Å². The number of carbonyl (C=O) groups excluding carboxylic acids is 2. The second-order valence-corrected chi connectivity index (χ2v) is 6.19. The molecule has 0 saturated carbocycles. The number of benzene rings is 1. The number of hydrogen-bond acceptors (Lipinski definition) is 2. The van der Waals surface area contributed by atoms with E-state index in [1.165, 1.54) is 0 Å². The highest BCUT2D eigenvalue weighted by atomic mass is 35.5. The molecular formula is C16H21ClN2O2. The number of piperidine rings is 1. The van der Waals surface area contributed by atoms with E-state index in [1.807, 2.05) is 30.9 Å². The van der Waals surface area contributed by atoms with Gasteiger partial charge in [-0.2, -0.15) is 0 Å². The lowest BCUT2D eigenvalue weighted by Crippen LogP contribution is -2.43. The largest absolute Gasteiger partial charge is 0.342 e. The summed E-state index contributed by atoms with van der Waals surface area (Å²) in [7, 11) is 0. The van der Waals surface area contributed by atoms with Crippen molar-refractivity contribution < 1.29 is 9.59 Å². The Morgan fingerprint density at radius 2 is 1.95 bits per heavy atom. The molecule has 1 N–H and O–H groups in total. The zero-order valence-corrected chi connectivity index (χ0v) is 13.2. The fourth-order valence-electron chi connectivity index (χ4n) is 2.54. The second-order valence-electron chi connectivity index (χ2n) is 5.75. The maximum atomic E-state index is 12.2. The first-order chi connectivity index (χ1) is 9.97. The number of carbonyl (C=O) groups is 2. The van der Waals surface area contributed by atoms with E-state index in [9.17, 15) is 9.59 Å². The van der Waals surface area contributed by atoms with E-state index in [2.05, 4.69) is 5.32 Å². The molecule has 1 aliphatic heterocycles. The minimum Gasteiger partial charge on any atom is -0.342 e. The number of anilines is 1. The van der Waals surface area contributed by atoms with Crippen LogP contribution in [0.25, 0.3) is 0 Å². The molecule has 0 aliphatic carbocycles. The van der Waals surface area contributed by atoms with E-state index < -0.39 is 0 Å². The van der Waals surface area contributed by atoms with Crippen LogP contribution in [0.2, 0.25) is 5.02 Å². The molecule has 2 amide bonds. The van der Waals surface area contributed by atoms with Crippen molar-refractivity contribution in [1.29, 1.82) is 0 Å². The van der Waals surface area contributed by atoms with E-state index in [0.717, 1.165) is 0 Å². The van der Waals surface area contributed by atoms with Gasteiger partial charge in [0.25, 0.3) is 0 Å². The van der Waals surface area contributed by atoms with Crippen LogP contribution in [-0.4, -0.2) is 29.8 Å². The summed E-state index contributed by atoms with van der Waals surface area (Å²) in [5.74, 6) is 0.152. The quantitative estimate of drug-likeness (QED) is 0.932. The number of nitrogens with zero attached hydrogens (tertiary/aromatic N) is 1. The molecule has 4 nitrogen and oxygen atoms in total. The van der Waals surface area contributed by atoms with Gasteiger partial charge < -0.3 is 10.2 Å². The molecule has 114 valence electrons. The average molecular weight is 309 g/mol. The molecule has 0 atom stereocenters. The molecule has 1 aromatic rings. The Balaban J connectivity index is 1.87. The number of amides is 2. The molecule has 1 saturated heterocycles. The van der Waals surface area contributed by atoms with Crippen LogP contribution in [0, 0.1) is 11.8 Å². The second kappa shape index (κ2) is 6.94. The van der Waals surface area contributed by atoms with Crippen LogP contribution in [0.4, 0.5) is 5.69 Å². The Hall–Kier alpha value is -1.55. The molecule has 1 aliphatic rings. The molecule has 0 bridgehead atoms. The van der Waals surface area contributed by atoms with Gasteiger partial charge in [-0.15, -0.1) is 0 Å². The third-order valence-electron chi connectivity index (χ3n) is 3.76. The highest BCUT2D eigenvalue weighted by molar-refractivity contribution is 6.30. The SMILES string of the molecule is CC(C)C(=O)N1CCC(C(=O)Nc2cccc(Cl)c2)CC1. The maximum absolute atomic E-state index is 12.2. The molecule has 1 heterocycles. The van der Waals surface area contributed by atoms with Crippen LogP contribution >= 0.6 is 11.6 Å². The van der Waals surface area contributed by atoms with Crippen molar-refractivity contribution in [3.8, 4) is 0 Å². The van der Waals surface area contributed by atoms with Crippen molar-refractivity contribution in [1.82, 2.24) is 4.90 Å². The van der Waals surface area contributed by atoms with E-state index in [1.54, 1.807) is 12.1 Å². The van der Waals surface area contributed by atoms with Gasteiger partial charge in [0, 0.05) is 35.6 Å². The van der Waals surface area contributed by atoms with Gasteiger partial charge in [0.1, 0.15) is 0 Å². The summed E-state index contributed by atoms with van der Waals surface area (Å²) in [6, 6.07) is 7.13. The summed E-state index contributed by atoms with van der Waals surface area (Å²) in [5, 5.41) is 3.49. The number of rotatable bonds is 3. The van der Waals surface area contributed by atoms with Crippen molar-refractivity contribution in [2.45, 2.75) is 26.7 Å². The summed E-state index contributed by atoms with van der Waals surface area (Å²) < 4.78 is 0. The van der Waals surface area contributed by atoms with Gasteiger partial charge in [0.05, 0.1) is 0 Å². The van der Waals surface area contributed by atoms with Crippen LogP contribution in [0.5, 0.6) is 0 Å². The monoisotopic (exact) mass is 308 g/mol. The summed E-state index contributed by atoms with van der Waals surface area (Å²) in [6.07, 6.45) is 1.43. The number of nitrogens with one attached hydrogen (secondary N) is 1. The standard InChI is InChI=1S/C16H21ClN2O2/c1-11(2)16(21)19-8-6-12(7-9-19)15(20)18-14-5-3-4-13(17)10-14/h3-5,10-12H,6-9H2,1-2H3,(H,18,20). The molecule has 2 rings (SSSR count). The number of likely N-dealkylation sites (tertiary alicyclic amines) is 1. The van der Waals surface area contributed by atoms with Crippen molar-refractivity contribution in [3.63, 3.8) is 0 Å². The molecule has 1 fully saturated rings. The van der Waals surface area contributed by atoms with Crippen LogP contribution in [0.3, 0.4) is 0 Å². The smallest absolute Gasteiger partial charge is 0.227 e. The molecule has 1 aromatic carbocycles. The van der Waals surface area contributed by atoms with Gasteiger partial charge in [-0.3, -0.25) is 9.59 Å². The highest BCUT2D eigenvalue weighted by Crippen LogP contribution is 2.22. The zero-order chi connectivity index (χ0) is 15.4. The third kappa shape index (κ3) is 4.21. The van der Waals surface area contributed by atoms with Crippen LogP contribution in [-0.2, 0) is 9.59 Å². The lowest BCUT2D eigenvalue weighted by Gasteiger charge is -2.32. The number of halogens is 1. The predicted octanol–water partition coefficient (Wildman–Crippen LogP) is 3.17. The number of hydrogen-bond donors (Lipinski definition) is 1. The normalized spacial score (nSPS) is 16.1. The maximum Gasteiger partial charge on any atom is 0.227 e. The third-order valence-corrected chi connectivity index (χ3v) is 4.00. The van der Waals surface area contributed by atoms with Gasteiger partial charge in [0.2, 0.25) is 11.8 Å². The highest BCUT2D eigenvalue weighted by Gasteiger charge is 2.28. The molecule has 0 spiro atoms.